The number of ether oxygens (including phenoxy) is 2. The van der Waals surface area contributed by atoms with Crippen molar-refractivity contribution in [2.24, 2.45) is 4.99 Å². The van der Waals surface area contributed by atoms with E-state index < -0.39 is 40.9 Å². The standard InChI is InChI=1S/C31H36F4N4O4S2/c1-17-13-21(44-16-24-18(2)37-25(45-24)19-10-12-22(23(32)14-19)31(33,34)35)11-9-20(17)15-36-26(38-27(40)42-29(3,4)5)39-28(41)43-30(6,7)8/h9-14H,15-16H2,1-8H3,(H2,36,38,39,40,41). The van der Waals surface area contributed by atoms with Gasteiger partial charge in [0.05, 0.1) is 17.8 Å². The van der Waals surface area contributed by atoms with Crippen LogP contribution in [-0.2, 0) is 27.9 Å². The third-order valence-corrected chi connectivity index (χ3v) is 8.15. The van der Waals surface area contributed by atoms with Crippen molar-refractivity contribution in [3.8, 4) is 10.6 Å². The minimum Gasteiger partial charge on any atom is -0.444 e. The monoisotopic (exact) mass is 668 g/mol. The first-order chi connectivity index (χ1) is 20.7. The largest absolute Gasteiger partial charge is 0.444 e. The normalized spacial score (nSPS) is 12.0. The summed E-state index contributed by atoms with van der Waals surface area (Å²) in [4.78, 5) is 35.4. The van der Waals surface area contributed by atoms with Gasteiger partial charge in [0, 0.05) is 21.1 Å². The lowest BCUT2D eigenvalue weighted by molar-refractivity contribution is -0.140. The van der Waals surface area contributed by atoms with Crippen molar-refractivity contribution in [2.75, 3.05) is 0 Å². The Morgan fingerprint density at radius 2 is 1.53 bits per heavy atom. The molecular weight excluding hydrogens is 632 g/mol. The van der Waals surface area contributed by atoms with Crippen molar-refractivity contribution in [3.63, 3.8) is 0 Å². The summed E-state index contributed by atoms with van der Waals surface area (Å²) in [6, 6.07) is 8.58. The average Bonchev–Trinajstić information content (AvgIpc) is 3.24. The van der Waals surface area contributed by atoms with Crippen molar-refractivity contribution < 1.29 is 36.6 Å². The Hall–Kier alpha value is -3.65. The van der Waals surface area contributed by atoms with E-state index >= 15 is 0 Å². The van der Waals surface area contributed by atoms with Gasteiger partial charge >= 0.3 is 18.4 Å². The van der Waals surface area contributed by atoms with Gasteiger partial charge in [0.25, 0.3) is 0 Å². The van der Waals surface area contributed by atoms with Gasteiger partial charge in [-0.2, -0.15) is 13.2 Å². The summed E-state index contributed by atoms with van der Waals surface area (Å²) in [7, 11) is 0. The number of aliphatic imine (C=N–C) groups is 1. The van der Waals surface area contributed by atoms with Crippen molar-refractivity contribution in [1.29, 1.82) is 0 Å². The minimum absolute atomic E-state index is 0.124. The number of aryl methyl sites for hydroxylation is 2. The van der Waals surface area contributed by atoms with Crippen LogP contribution in [0.5, 0.6) is 0 Å². The molecule has 2 aromatic carbocycles. The quantitative estimate of drug-likeness (QED) is 0.118. The van der Waals surface area contributed by atoms with Crippen LogP contribution in [0, 0.1) is 19.7 Å². The summed E-state index contributed by atoms with van der Waals surface area (Å²) in [5.41, 5.74) is -0.0705. The van der Waals surface area contributed by atoms with Crippen LogP contribution in [0.1, 0.15) is 68.8 Å². The van der Waals surface area contributed by atoms with Crippen LogP contribution in [0.25, 0.3) is 10.6 Å². The molecule has 3 aromatic rings. The minimum atomic E-state index is -4.76. The first kappa shape index (κ1) is 35.8. The molecule has 2 N–H and O–H groups in total. The molecular formula is C31H36F4N4O4S2. The van der Waals surface area contributed by atoms with E-state index in [9.17, 15) is 27.2 Å². The Kier molecular flexibility index (Phi) is 11.3. The van der Waals surface area contributed by atoms with Crippen molar-refractivity contribution >= 4 is 41.2 Å². The lowest BCUT2D eigenvalue weighted by Crippen LogP contribution is -2.47. The fourth-order valence-electron chi connectivity index (χ4n) is 3.72. The fraction of sp³-hybridized carbons (Fsp3) is 0.419. The Morgan fingerprint density at radius 3 is 2.04 bits per heavy atom. The van der Waals surface area contributed by atoms with E-state index in [-0.39, 0.29) is 18.1 Å². The number of hydrogen-bond acceptors (Lipinski definition) is 8. The lowest BCUT2D eigenvalue weighted by Gasteiger charge is -2.22. The number of aromatic nitrogens is 1. The Labute approximate surface area is 268 Å². The van der Waals surface area contributed by atoms with E-state index in [4.69, 9.17) is 9.47 Å². The maximum Gasteiger partial charge on any atom is 0.419 e. The molecule has 0 fully saturated rings. The number of guanidine groups is 1. The SMILES string of the molecule is Cc1cc(SCc2sc(-c3ccc(C(F)(F)F)c(F)c3)nc2C)ccc1CN=C(NC(=O)OC(C)(C)C)NC(=O)OC(C)(C)C. The average molecular weight is 669 g/mol. The summed E-state index contributed by atoms with van der Waals surface area (Å²) in [5, 5.41) is 5.36. The van der Waals surface area contributed by atoms with Gasteiger partial charge in [0.1, 0.15) is 22.0 Å². The molecule has 0 spiro atoms. The van der Waals surface area contributed by atoms with Gasteiger partial charge in [0.15, 0.2) is 0 Å². The first-order valence-corrected chi connectivity index (χ1v) is 15.6. The number of alkyl carbamates (subject to hydrolysis) is 2. The maximum atomic E-state index is 14.1. The molecule has 1 aromatic heterocycles. The summed E-state index contributed by atoms with van der Waals surface area (Å²) in [6.07, 6.45) is -6.34. The second-order valence-corrected chi connectivity index (χ2v) is 14.1. The highest BCUT2D eigenvalue weighted by atomic mass is 32.2. The van der Waals surface area contributed by atoms with E-state index in [0.717, 1.165) is 33.0 Å². The van der Waals surface area contributed by atoms with Crippen molar-refractivity contribution in [2.45, 2.75) is 90.0 Å². The molecule has 2 amide bonds. The van der Waals surface area contributed by atoms with Gasteiger partial charge in [-0.05, 0) is 90.8 Å². The van der Waals surface area contributed by atoms with Gasteiger partial charge in [-0.25, -0.2) is 24.0 Å². The van der Waals surface area contributed by atoms with Crippen LogP contribution < -0.4 is 10.6 Å². The molecule has 0 aliphatic carbocycles. The van der Waals surface area contributed by atoms with Crippen LogP contribution >= 0.6 is 23.1 Å². The van der Waals surface area contributed by atoms with Crippen LogP contribution in [0.2, 0.25) is 0 Å². The number of nitrogens with one attached hydrogen (secondary N) is 2. The predicted molar refractivity (Wildman–Crippen MR) is 168 cm³/mol. The summed E-state index contributed by atoms with van der Waals surface area (Å²) in [6.45, 7) is 14.1. The molecule has 14 heteroatoms. The number of amides is 2. The number of carbonyl (C=O) groups is 2. The molecule has 45 heavy (non-hydrogen) atoms. The van der Waals surface area contributed by atoms with E-state index in [1.54, 1.807) is 60.2 Å². The second-order valence-electron chi connectivity index (χ2n) is 12.0. The number of halogens is 4. The molecule has 0 unspecified atom stereocenters. The number of thioether (sulfide) groups is 1. The molecule has 0 saturated heterocycles. The second kappa shape index (κ2) is 14.2. The number of nitrogens with zero attached hydrogens (tertiary/aromatic N) is 2. The molecule has 1 heterocycles. The van der Waals surface area contributed by atoms with Gasteiger partial charge < -0.3 is 9.47 Å². The predicted octanol–water partition coefficient (Wildman–Crippen LogP) is 8.78. The zero-order valence-electron chi connectivity index (χ0n) is 26.2. The topological polar surface area (TPSA) is 102 Å². The Morgan fingerprint density at radius 1 is 0.933 bits per heavy atom. The third-order valence-electron chi connectivity index (χ3n) is 5.74. The molecule has 0 aliphatic heterocycles. The first-order valence-electron chi connectivity index (χ1n) is 13.8. The van der Waals surface area contributed by atoms with Gasteiger partial charge in [-0.15, -0.1) is 23.1 Å². The summed E-state index contributed by atoms with van der Waals surface area (Å²) in [5.74, 6) is -0.911. The zero-order chi connectivity index (χ0) is 33.7. The van der Waals surface area contributed by atoms with Gasteiger partial charge in [0.2, 0.25) is 5.96 Å². The number of hydrogen-bond donors (Lipinski definition) is 2. The summed E-state index contributed by atoms with van der Waals surface area (Å²) >= 11 is 2.85. The molecule has 0 saturated carbocycles. The van der Waals surface area contributed by atoms with Gasteiger partial charge in [-0.1, -0.05) is 12.1 Å². The van der Waals surface area contributed by atoms with E-state index in [1.165, 1.54) is 17.4 Å². The summed E-state index contributed by atoms with van der Waals surface area (Å²) < 4.78 is 63.5. The smallest absolute Gasteiger partial charge is 0.419 e. The molecule has 244 valence electrons. The Bertz CT molecular complexity index is 1540. The Balaban J connectivity index is 1.70. The van der Waals surface area contributed by atoms with E-state index in [2.05, 4.69) is 20.6 Å². The third kappa shape index (κ3) is 11.3. The molecule has 0 aliphatic rings. The lowest BCUT2D eigenvalue weighted by atomic mass is 10.1. The maximum absolute atomic E-state index is 14.1. The van der Waals surface area contributed by atoms with Crippen molar-refractivity contribution in [1.82, 2.24) is 15.6 Å². The van der Waals surface area contributed by atoms with Crippen molar-refractivity contribution in [3.05, 3.63) is 69.5 Å². The van der Waals surface area contributed by atoms with Crippen LogP contribution in [-0.4, -0.2) is 34.3 Å². The number of carbonyl (C=O) groups excluding carboxylic acids is 2. The highest BCUT2D eigenvalue weighted by Gasteiger charge is 2.34. The number of thiazole rings is 1. The zero-order valence-corrected chi connectivity index (χ0v) is 27.9. The molecule has 0 bridgehead atoms. The van der Waals surface area contributed by atoms with E-state index in [1.807, 2.05) is 25.1 Å². The molecule has 8 nitrogen and oxygen atoms in total. The van der Waals surface area contributed by atoms with Gasteiger partial charge in [-0.3, -0.25) is 10.6 Å². The molecule has 3 rings (SSSR count). The number of rotatable bonds is 6. The van der Waals surface area contributed by atoms with Crippen LogP contribution in [0.3, 0.4) is 0 Å². The fourth-order valence-corrected chi connectivity index (χ4v) is 5.92. The van der Waals surface area contributed by atoms with E-state index in [0.29, 0.717) is 16.5 Å². The number of benzene rings is 2. The number of alkyl halides is 3. The molecule has 0 atom stereocenters. The highest BCUT2D eigenvalue weighted by molar-refractivity contribution is 7.98. The molecule has 0 radical (unpaired) electrons. The van der Waals surface area contributed by atoms with Crippen LogP contribution in [0.15, 0.2) is 46.3 Å². The highest BCUT2D eigenvalue weighted by Crippen LogP contribution is 2.36. The van der Waals surface area contributed by atoms with Crippen LogP contribution in [0.4, 0.5) is 27.2 Å².